The topological polar surface area (TPSA) is 93.4 Å². The Morgan fingerprint density at radius 1 is 1.37 bits per heavy atom. The van der Waals surface area contributed by atoms with Crippen LogP contribution in [-0.2, 0) is 11.3 Å². The summed E-state index contributed by atoms with van der Waals surface area (Å²) in [6.45, 7) is 0.0913. The number of nitrogens with two attached hydrogens (primary N) is 1. The number of amides is 3. The zero-order valence-corrected chi connectivity index (χ0v) is 11.6. The number of imide groups is 1. The summed E-state index contributed by atoms with van der Waals surface area (Å²) in [5, 5.41) is 5.56. The summed E-state index contributed by atoms with van der Waals surface area (Å²) in [6, 6.07) is 2.24. The molecule has 0 aliphatic heterocycles. The fraction of sp³-hybridized carbons (Fsp3) is 0.273. The highest BCUT2D eigenvalue weighted by Gasteiger charge is 2.13. The van der Waals surface area contributed by atoms with Gasteiger partial charge in [0, 0.05) is 17.1 Å². The minimum Gasteiger partial charge on any atom is -0.482 e. The quantitative estimate of drug-likeness (QED) is 0.764. The first kappa shape index (κ1) is 15.6. The fourth-order valence-electron chi connectivity index (χ4n) is 1.41. The lowest BCUT2D eigenvalue weighted by molar-refractivity contribution is -0.121. The third-order valence-corrected chi connectivity index (χ3v) is 2.56. The average molecular weight is 306 g/mol. The van der Waals surface area contributed by atoms with Gasteiger partial charge in [-0.25, -0.2) is 4.79 Å². The molecule has 0 saturated carbocycles. The number of primary amides is 1. The first-order valence-electron chi connectivity index (χ1n) is 5.28. The molecule has 1 aromatic carbocycles. The van der Waals surface area contributed by atoms with Crippen molar-refractivity contribution >= 4 is 35.1 Å². The molecule has 1 aromatic rings. The predicted molar refractivity (Wildman–Crippen MR) is 72.4 cm³/mol. The maximum absolute atomic E-state index is 11.3. The second kappa shape index (κ2) is 7.18. The van der Waals surface area contributed by atoms with E-state index in [1.54, 1.807) is 13.1 Å². The number of hydrogen-bond acceptors (Lipinski definition) is 4. The van der Waals surface area contributed by atoms with E-state index in [4.69, 9.17) is 33.7 Å². The maximum Gasteiger partial charge on any atom is 0.318 e. The lowest BCUT2D eigenvalue weighted by Gasteiger charge is -2.13. The molecule has 0 radical (unpaired) electrons. The minimum atomic E-state index is -0.939. The van der Waals surface area contributed by atoms with Crippen LogP contribution in [0, 0.1) is 0 Å². The number of rotatable bonds is 5. The Hall–Kier alpha value is -1.50. The monoisotopic (exact) mass is 305 g/mol. The van der Waals surface area contributed by atoms with Gasteiger partial charge in [0.2, 0.25) is 0 Å². The van der Waals surface area contributed by atoms with Gasteiger partial charge in [0.05, 0.1) is 5.02 Å². The summed E-state index contributed by atoms with van der Waals surface area (Å²) < 4.78 is 5.29. The summed E-state index contributed by atoms with van der Waals surface area (Å²) in [6.07, 6.45) is 0. The molecule has 0 aliphatic carbocycles. The summed E-state index contributed by atoms with van der Waals surface area (Å²) >= 11 is 11.9. The fourth-order valence-corrected chi connectivity index (χ4v) is 2.00. The molecule has 0 unspecified atom stereocenters. The molecule has 0 atom stereocenters. The van der Waals surface area contributed by atoms with Crippen LogP contribution in [0.1, 0.15) is 5.56 Å². The molecule has 4 N–H and O–H groups in total. The van der Waals surface area contributed by atoms with E-state index >= 15 is 0 Å². The molecule has 0 aliphatic rings. The predicted octanol–water partition coefficient (Wildman–Crippen LogP) is 1.29. The van der Waals surface area contributed by atoms with Crippen molar-refractivity contribution in [3.8, 4) is 5.75 Å². The Kier molecular flexibility index (Phi) is 5.88. The SMILES string of the molecule is CNCc1cc(Cl)cc(Cl)c1OCC(=O)NC(N)=O. The molecule has 6 nitrogen and oxygen atoms in total. The van der Waals surface area contributed by atoms with Crippen LogP contribution >= 0.6 is 23.2 Å². The molecule has 0 bridgehead atoms. The number of urea groups is 1. The summed E-state index contributed by atoms with van der Waals surface area (Å²) in [5.74, 6) is -0.325. The number of nitrogens with one attached hydrogen (secondary N) is 2. The van der Waals surface area contributed by atoms with Gasteiger partial charge < -0.3 is 15.8 Å². The molecule has 0 aromatic heterocycles. The minimum absolute atomic E-state index is 0.282. The van der Waals surface area contributed by atoms with Crippen molar-refractivity contribution in [1.29, 1.82) is 0 Å². The van der Waals surface area contributed by atoms with Gasteiger partial charge in [-0.3, -0.25) is 10.1 Å². The highest BCUT2D eigenvalue weighted by atomic mass is 35.5. The third-order valence-electron chi connectivity index (χ3n) is 2.06. The van der Waals surface area contributed by atoms with Crippen LogP contribution in [0.5, 0.6) is 5.75 Å². The first-order valence-corrected chi connectivity index (χ1v) is 6.04. The van der Waals surface area contributed by atoms with E-state index in [-0.39, 0.29) is 11.6 Å². The number of carbonyl (C=O) groups excluding carboxylic acids is 2. The lowest BCUT2D eigenvalue weighted by atomic mass is 10.2. The summed E-state index contributed by atoms with van der Waals surface area (Å²) in [5.41, 5.74) is 5.51. The molecule has 8 heteroatoms. The Morgan fingerprint density at radius 2 is 2.05 bits per heavy atom. The molecular formula is C11H13Cl2N3O3. The van der Waals surface area contributed by atoms with Crippen LogP contribution in [0.15, 0.2) is 12.1 Å². The molecule has 3 amide bonds. The zero-order chi connectivity index (χ0) is 14.4. The molecule has 0 spiro atoms. The molecule has 0 heterocycles. The van der Waals surface area contributed by atoms with Crippen LogP contribution < -0.4 is 21.1 Å². The second-order valence-corrected chi connectivity index (χ2v) is 4.45. The van der Waals surface area contributed by atoms with E-state index in [9.17, 15) is 9.59 Å². The van der Waals surface area contributed by atoms with Gasteiger partial charge in [-0.2, -0.15) is 0 Å². The van der Waals surface area contributed by atoms with Crippen molar-refractivity contribution in [2.75, 3.05) is 13.7 Å². The van der Waals surface area contributed by atoms with E-state index in [0.29, 0.717) is 22.9 Å². The maximum atomic E-state index is 11.3. The first-order chi connectivity index (χ1) is 8.93. The van der Waals surface area contributed by atoms with Crippen molar-refractivity contribution < 1.29 is 14.3 Å². The second-order valence-electron chi connectivity index (χ2n) is 3.61. The molecular weight excluding hydrogens is 293 g/mol. The van der Waals surface area contributed by atoms with Crippen molar-refractivity contribution in [3.63, 3.8) is 0 Å². The van der Waals surface area contributed by atoms with E-state index in [0.717, 1.165) is 0 Å². The Labute approximate surface area is 120 Å². The number of halogens is 2. The van der Waals surface area contributed by atoms with Crippen LogP contribution in [0.3, 0.4) is 0 Å². The average Bonchev–Trinajstić information content (AvgIpc) is 2.26. The van der Waals surface area contributed by atoms with E-state index < -0.39 is 11.9 Å². The summed E-state index contributed by atoms with van der Waals surface area (Å²) in [4.78, 5) is 21.7. The number of benzene rings is 1. The van der Waals surface area contributed by atoms with Gasteiger partial charge >= 0.3 is 6.03 Å². The standard InChI is InChI=1S/C11H13Cl2N3O3/c1-15-4-6-2-7(12)3-8(13)10(6)19-5-9(17)16-11(14)18/h2-3,15H,4-5H2,1H3,(H3,14,16,17,18). The Balaban J connectivity index is 2.81. The Morgan fingerprint density at radius 3 is 2.63 bits per heavy atom. The van der Waals surface area contributed by atoms with Crippen molar-refractivity contribution in [3.05, 3.63) is 27.7 Å². The van der Waals surface area contributed by atoms with Crippen molar-refractivity contribution in [2.24, 2.45) is 5.73 Å². The van der Waals surface area contributed by atoms with Crippen molar-refractivity contribution in [1.82, 2.24) is 10.6 Å². The van der Waals surface area contributed by atoms with E-state index in [1.807, 2.05) is 5.32 Å². The van der Waals surface area contributed by atoms with Crippen LogP contribution in [0.25, 0.3) is 0 Å². The molecule has 19 heavy (non-hydrogen) atoms. The van der Waals surface area contributed by atoms with Crippen LogP contribution in [0.2, 0.25) is 10.0 Å². The number of hydrogen-bond donors (Lipinski definition) is 3. The third kappa shape index (κ3) is 4.94. The van der Waals surface area contributed by atoms with E-state index in [1.165, 1.54) is 6.07 Å². The normalized spacial score (nSPS) is 10.1. The van der Waals surface area contributed by atoms with Crippen molar-refractivity contribution in [2.45, 2.75) is 6.54 Å². The van der Waals surface area contributed by atoms with Gasteiger partial charge in [-0.1, -0.05) is 23.2 Å². The number of carbonyl (C=O) groups is 2. The van der Waals surface area contributed by atoms with Gasteiger partial charge in [-0.05, 0) is 19.2 Å². The molecule has 0 fully saturated rings. The summed E-state index contributed by atoms with van der Waals surface area (Å²) in [7, 11) is 1.75. The van der Waals surface area contributed by atoms with Gasteiger partial charge in [0.25, 0.3) is 5.91 Å². The highest BCUT2D eigenvalue weighted by Crippen LogP contribution is 2.32. The number of ether oxygens (including phenoxy) is 1. The largest absolute Gasteiger partial charge is 0.482 e. The lowest BCUT2D eigenvalue weighted by Crippen LogP contribution is -2.38. The zero-order valence-electron chi connectivity index (χ0n) is 10.1. The molecule has 0 saturated heterocycles. The van der Waals surface area contributed by atoms with E-state index in [2.05, 4.69) is 5.32 Å². The van der Waals surface area contributed by atoms with Gasteiger partial charge in [0.1, 0.15) is 5.75 Å². The molecule has 1 rings (SSSR count). The Bertz CT molecular complexity index is 494. The van der Waals surface area contributed by atoms with Crippen LogP contribution in [0.4, 0.5) is 4.79 Å². The van der Waals surface area contributed by atoms with Gasteiger partial charge in [-0.15, -0.1) is 0 Å². The highest BCUT2D eigenvalue weighted by molar-refractivity contribution is 6.35. The smallest absolute Gasteiger partial charge is 0.318 e. The van der Waals surface area contributed by atoms with Crippen LogP contribution in [-0.4, -0.2) is 25.6 Å². The molecule has 104 valence electrons. The van der Waals surface area contributed by atoms with Gasteiger partial charge in [0.15, 0.2) is 6.61 Å².